The molecule has 1 aliphatic rings. The van der Waals surface area contributed by atoms with Crippen LogP contribution in [0.2, 0.25) is 0 Å². The van der Waals surface area contributed by atoms with Gasteiger partial charge in [0.25, 0.3) is 0 Å². The molecule has 1 N–H and O–H groups in total. The van der Waals surface area contributed by atoms with E-state index in [-0.39, 0.29) is 18.2 Å². The van der Waals surface area contributed by atoms with Gasteiger partial charge < -0.3 is 10.0 Å². The molecule has 0 bridgehead atoms. The van der Waals surface area contributed by atoms with Gasteiger partial charge in [0.1, 0.15) is 0 Å². The van der Waals surface area contributed by atoms with Gasteiger partial charge in [0.2, 0.25) is 5.91 Å². The summed E-state index contributed by atoms with van der Waals surface area (Å²) in [6.45, 7) is 5.25. The third kappa shape index (κ3) is 4.06. The van der Waals surface area contributed by atoms with E-state index in [9.17, 15) is 14.7 Å². The predicted molar refractivity (Wildman–Crippen MR) is 80.8 cm³/mol. The Morgan fingerprint density at radius 2 is 1.90 bits per heavy atom. The van der Waals surface area contributed by atoms with E-state index in [1.807, 2.05) is 32.0 Å². The molecule has 0 spiro atoms. The molecular weight excluding hydrogens is 266 g/mol. The van der Waals surface area contributed by atoms with Crippen LogP contribution >= 0.6 is 0 Å². The Morgan fingerprint density at radius 3 is 2.52 bits per heavy atom. The second-order valence-corrected chi connectivity index (χ2v) is 6.20. The van der Waals surface area contributed by atoms with Gasteiger partial charge in [-0.05, 0) is 29.9 Å². The number of carbonyl (C=O) groups excluding carboxylic acids is 1. The van der Waals surface area contributed by atoms with E-state index in [1.54, 1.807) is 4.90 Å². The van der Waals surface area contributed by atoms with Crippen molar-refractivity contribution in [3.05, 3.63) is 35.4 Å². The average Bonchev–Trinajstić information content (AvgIpc) is 2.45. The van der Waals surface area contributed by atoms with Crippen LogP contribution in [-0.4, -0.2) is 28.4 Å². The van der Waals surface area contributed by atoms with Crippen LogP contribution in [0.1, 0.15) is 37.8 Å². The van der Waals surface area contributed by atoms with Crippen LogP contribution in [-0.2, 0) is 22.6 Å². The number of carboxylic acids is 1. The Balaban J connectivity index is 1.99. The number of hydrogen-bond acceptors (Lipinski definition) is 2. The molecule has 21 heavy (non-hydrogen) atoms. The summed E-state index contributed by atoms with van der Waals surface area (Å²) in [5.41, 5.74) is 2.46. The molecular formula is C17H23NO3. The van der Waals surface area contributed by atoms with Gasteiger partial charge in [0.15, 0.2) is 0 Å². The van der Waals surface area contributed by atoms with E-state index in [2.05, 4.69) is 6.07 Å². The van der Waals surface area contributed by atoms with Crippen LogP contribution in [0.25, 0.3) is 0 Å². The van der Waals surface area contributed by atoms with Gasteiger partial charge in [-0.25, -0.2) is 0 Å². The van der Waals surface area contributed by atoms with Crippen molar-refractivity contribution < 1.29 is 14.7 Å². The lowest BCUT2D eigenvalue weighted by Crippen LogP contribution is -2.37. The Kier molecular flexibility index (Phi) is 4.99. The van der Waals surface area contributed by atoms with E-state index < -0.39 is 11.9 Å². The molecule has 0 fully saturated rings. The van der Waals surface area contributed by atoms with Crippen LogP contribution in [0.15, 0.2) is 24.3 Å². The maximum absolute atomic E-state index is 12.4. The highest BCUT2D eigenvalue weighted by molar-refractivity contribution is 5.82. The number of nitrogens with zero attached hydrogens (tertiary/aromatic N) is 1. The highest BCUT2D eigenvalue weighted by Gasteiger charge is 2.27. The highest BCUT2D eigenvalue weighted by atomic mass is 16.4. The van der Waals surface area contributed by atoms with Crippen molar-refractivity contribution in [1.29, 1.82) is 0 Å². The maximum Gasteiger partial charge on any atom is 0.307 e. The number of benzene rings is 1. The predicted octanol–water partition coefficient (Wildman–Crippen LogP) is 2.71. The summed E-state index contributed by atoms with van der Waals surface area (Å²) in [7, 11) is 0. The first-order valence-corrected chi connectivity index (χ1v) is 7.54. The summed E-state index contributed by atoms with van der Waals surface area (Å²) in [6, 6.07) is 8.12. The number of hydrogen-bond donors (Lipinski definition) is 1. The van der Waals surface area contributed by atoms with Gasteiger partial charge in [-0.1, -0.05) is 38.1 Å². The SMILES string of the molecule is CC(C)C[C@H](CC(=O)N1CCc2ccccc2C1)C(=O)O. The zero-order valence-electron chi connectivity index (χ0n) is 12.7. The van der Waals surface area contributed by atoms with Crippen LogP contribution in [0.5, 0.6) is 0 Å². The Bertz CT molecular complexity index is 525. The largest absolute Gasteiger partial charge is 0.481 e. The molecule has 1 heterocycles. The van der Waals surface area contributed by atoms with Gasteiger partial charge in [0.05, 0.1) is 5.92 Å². The van der Waals surface area contributed by atoms with Crippen molar-refractivity contribution >= 4 is 11.9 Å². The van der Waals surface area contributed by atoms with Crippen molar-refractivity contribution in [2.24, 2.45) is 11.8 Å². The zero-order chi connectivity index (χ0) is 15.4. The molecule has 0 aromatic heterocycles. The molecule has 1 atom stereocenters. The fraction of sp³-hybridized carbons (Fsp3) is 0.529. The second kappa shape index (κ2) is 6.74. The van der Waals surface area contributed by atoms with Gasteiger partial charge in [-0.15, -0.1) is 0 Å². The highest BCUT2D eigenvalue weighted by Crippen LogP contribution is 2.22. The lowest BCUT2D eigenvalue weighted by atomic mass is 9.93. The fourth-order valence-corrected chi connectivity index (χ4v) is 2.89. The topological polar surface area (TPSA) is 57.6 Å². The quantitative estimate of drug-likeness (QED) is 0.906. The number of fused-ring (bicyclic) bond motifs is 1. The number of amides is 1. The molecule has 2 rings (SSSR count). The van der Waals surface area contributed by atoms with Crippen LogP contribution in [0.4, 0.5) is 0 Å². The molecule has 114 valence electrons. The molecule has 1 aliphatic heterocycles. The summed E-state index contributed by atoms with van der Waals surface area (Å²) in [5, 5.41) is 9.26. The lowest BCUT2D eigenvalue weighted by molar-refractivity contribution is -0.146. The van der Waals surface area contributed by atoms with Crippen molar-refractivity contribution in [3.8, 4) is 0 Å². The average molecular weight is 289 g/mol. The first-order chi connectivity index (χ1) is 9.97. The zero-order valence-corrected chi connectivity index (χ0v) is 12.7. The van der Waals surface area contributed by atoms with Crippen molar-refractivity contribution in [2.75, 3.05) is 6.54 Å². The van der Waals surface area contributed by atoms with Gasteiger partial charge in [-0.3, -0.25) is 9.59 Å². The Labute approximate surface area is 125 Å². The van der Waals surface area contributed by atoms with Gasteiger partial charge in [0, 0.05) is 19.5 Å². The monoisotopic (exact) mass is 289 g/mol. The van der Waals surface area contributed by atoms with Gasteiger partial charge >= 0.3 is 5.97 Å². The summed E-state index contributed by atoms with van der Waals surface area (Å²) in [4.78, 5) is 25.4. The number of carboxylic acid groups (broad SMARTS) is 1. The maximum atomic E-state index is 12.4. The van der Waals surface area contributed by atoms with E-state index in [0.29, 0.717) is 19.5 Å². The first-order valence-electron chi connectivity index (χ1n) is 7.54. The molecule has 0 aliphatic carbocycles. The third-order valence-corrected chi connectivity index (χ3v) is 4.01. The molecule has 0 saturated heterocycles. The van der Waals surface area contributed by atoms with Crippen LogP contribution in [0, 0.1) is 11.8 Å². The molecule has 4 heteroatoms. The lowest BCUT2D eigenvalue weighted by Gasteiger charge is -2.30. The van der Waals surface area contributed by atoms with E-state index in [1.165, 1.54) is 11.1 Å². The van der Waals surface area contributed by atoms with Crippen LogP contribution < -0.4 is 0 Å². The summed E-state index contributed by atoms with van der Waals surface area (Å²) in [6.07, 6.45) is 1.50. The van der Waals surface area contributed by atoms with E-state index in [4.69, 9.17) is 0 Å². The summed E-state index contributed by atoms with van der Waals surface area (Å²) < 4.78 is 0. The molecule has 0 radical (unpaired) electrons. The molecule has 4 nitrogen and oxygen atoms in total. The standard InChI is InChI=1S/C17H23NO3/c1-12(2)9-15(17(20)21)10-16(19)18-8-7-13-5-3-4-6-14(13)11-18/h3-6,12,15H,7-11H2,1-2H3,(H,20,21)/t15-/m1/s1. The minimum absolute atomic E-state index is 0.0439. The summed E-state index contributed by atoms with van der Waals surface area (Å²) >= 11 is 0. The fourth-order valence-electron chi connectivity index (χ4n) is 2.89. The van der Waals surface area contributed by atoms with E-state index in [0.717, 1.165) is 6.42 Å². The van der Waals surface area contributed by atoms with Gasteiger partial charge in [-0.2, -0.15) is 0 Å². The van der Waals surface area contributed by atoms with Crippen molar-refractivity contribution in [3.63, 3.8) is 0 Å². The molecule has 0 unspecified atom stereocenters. The normalized spacial score (nSPS) is 15.7. The Hall–Kier alpha value is -1.84. The Morgan fingerprint density at radius 1 is 1.24 bits per heavy atom. The smallest absolute Gasteiger partial charge is 0.307 e. The molecule has 1 aromatic carbocycles. The first kappa shape index (κ1) is 15.5. The van der Waals surface area contributed by atoms with Crippen molar-refractivity contribution in [2.45, 2.75) is 39.7 Å². The number of carbonyl (C=O) groups is 2. The number of rotatable bonds is 5. The second-order valence-electron chi connectivity index (χ2n) is 6.20. The van der Waals surface area contributed by atoms with E-state index >= 15 is 0 Å². The van der Waals surface area contributed by atoms with Crippen LogP contribution in [0.3, 0.4) is 0 Å². The molecule has 1 aromatic rings. The third-order valence-electron chi connectivity index (χ3n) is 4.01. The number of aliphatic carboxylic acids is 1. The van der Waals surface area contributed by atoms with Crippen molar-refractivity contribution in [1.82, 2.24) is 4.90 Å². The summed E-state index contributed by atoms with van der Waals surface area (Å²) in [5.74, 6) is -1.21. The molecule has 1 amide bonds. The minimum atomic E-state index is -0.866. The minimum Gasteiger partial charge on any atom is -0.481 e. The molecule has 0 saturated carbocycles.